The molecule has 0 spiro atoms. The van der Waals surface area contributed by atoms with Gasteiger partial charge in [-0.05, 0) is 12.5 Å². The van der Waals surface area contributed by atoms with E-state index in [1.54, 1.807) is 0 Å². The number of hydrogen-bond acceptors (Lipinski definition) is 4. The van der Waals surface area contributed by atoms with Crippen LogP contribution in [0.1, 0.15) is 29.4 Å². The number of rotatable bonds is 7. The quantitative estimate of drug-likeness (QED) is 0.700. The Morgan fingerprint density at radius 3 is 2.62 bits per heavy atom. The molecule has 1 aromatic carbocycles. The molecule has 0 radical (unpaired) electrons. The summed E-state index contributed by atoms with van der Waals surface area (Å²) < 4.78 is 0.881. The van der Waals surface area contributed by atoms with Crippen LogP contribution in [0.2, 0.25) is 5.02 Å². The molecule has 1 atom stereocenters. The molecule has 8 heteroatoms. The van der Waals surface area contributed by atoms with Gasteiger partial charge in [0.25, 0.3) is 5.91 Å². The molecule has 128 valence electrons. The monoisotopic (exact) mass is 368 g/mol. The fourth-order valence-electron chi connectivity index (χ4n) is 2.19. The largest absolute Gasteiger partial charge is 0.480 e. The van der Waals surface area contributed by atoms with Crippen LogP contribution in [0.3, 0.4) is 0 Å². The van der Waals surface area contributed by atoms with Crippen LogP contribution in [0.15, 0.2) is 24.3 Å². The van der Waals surface area contributed by atoms with E-state index in [1.807, 2.05) is 31.2 Å². The molecule has 0 bridgehead atoms. The summed E-state index contributed by atoms with van der Waals surface area (Å²) in [4.78, 5) is 35.3. The molecule has 6 nitrogen and oxygen atoms in total. The van der Waals surface area contributed by atoms with Crippen molar-refractivity contribution >= 4 is 50.8 Å². The summed E-state index contributed by atoms with van der Waals surface area (Å²) in [7, 11) is 0. The van der Waals surface area contributed by atoms with Crippen LogP contribution in [-0.2, 0) is 9.59 Å². The molecular formula is C16H17ClN2O4S. The lowest BCUT2D eigenvalue weighted by Gasteiger charge is -2.13. The van der Waals surface area contributed by atoms with Crippen LogP contribution in [0.5, 0.6) is 0 Å². The summed E-state index contributed by atoms with van der Waals surface area (Å²) in [6.45, 7) is 1.52. The standard InChI is InChI=1S/C16H17ClN2O4S/c1-2-5-10(16(22)23)19-12(20)8-18-15(21)14-13(17)9-6-3-4-7-11(9)24-14/h3-4,6-7,10H,2,5,8H2,1H3,(H,18,21)(H,19,20)(H,22,23). The highest BCUT2D eigenvalue weighted by Crippen LogP contribution is 2.34. The van der Waals surface area contributed by atoms with Crippen LogP contribution in [0.25, 0.3) is 10.1 Å². The van der Waals surface area contributed by atoms with Crippen LogP contribution < -0.4 is 10.6 Å². The third-order valence-corrected chi connectivity index (χ3v) is 5.04. The Morgan fingerprint density at radius 1 is 1.29 bits per heavy atom. The molecule has 2 rings (SSSR count). The highest BCUT2D eigenvalue weighted by Gasteiger charge is 2.20. The molecule has 1 unspecified atom stereocenters. The normalized spacial score (nSPS) is 11.9. The maximum Gasteiger partial charge on any atom is 0.326 e. The number of nitrogens with one attached hydrogen (secondary N) is 2. The first-order chi connectivity index (χ1) is 11.4. The van der Waals surface area contributed by atoms with Crippen LogP contribution in [-0.4, -0.2) is 35.5 Å². The van der Waals surface area contributed by atoms with Crippen molar-refractivity contribution in [1.29, 1.82) is 0 Å². The van der Waals surface area contributed by atoms with E-state index in [9.17, 15) is 14.4 Å². The molecule has 0 saturated heterocycles. The minimum absolute atomic E-state index is 0.309. The van der Waals surface area contributed by atoms with E-state index >= 15 is 0 Å². The summed E-state index contributed by atoms with van der Waals surface area (Å²) in [5, 5.41) is 15.0. The zero-order chi connectivity index (χ0) is 17.7. The van der Waals surface area contributed by atoms with Gasteiger partial charge in [0.1, 0.15) is 10.9 Å². The lowest BCUT2D eigenvalue weighted by Crippen LogP contribution is -2.45. The average Bonchev–Trinajstić information content (AvgIpc) is 2.89. The fourth-order valence-corrected chi connectivity index (χ4v) is 3.63. The molecular weight excluding hydrogens is 352 g/mol. The number of carboxylic acid groups (broad SMARTS) is 1. The lowest BCUT2D eigenvalue weighted by molar-refractivity contribution is -0.141. The van der Waals surface area contributed by atoms with Gasteiger partial charge in [-0.1, -0.05) is 43.1 Å². The second-order valence-corrected chi connectivity index (χ2v) is 6.60. The first kappa shape index (κ1) is 18.2. The summed E-state index contributed by atoms with van der Waals surface area (Å²) in [6, 6.07) is 6.41. The SMILES string of the molecule is CCCC(NC(=O)CNC(=O)c1sc2ccccc2c1Cl)C(=O)O. The van der Waals surface area contributed by atoms with E-state index in [2.05, 4.69) is 10.6 Å². The smallest absolute Gasteiger partial charge is 0.326 e. The van der Waals surface area contributed by atoms with Gasteiger partial charge in [-0.3, -0.25) is 9.59 Å². The number of carbonyl (C=O) groups excluding carboxylic acids is 2. The third-order valence-electron chi connectivity index (χ3n) is 3.36. The van der Waals surface area contributed by atoms with Crippen LogP contribution in [0.4, 0.5) is 0 Å². The molecule has 0 fully saturated rings. The van der Waals surface area contributed by atoms with E-state index < -0.39 is 23.8 Å². The Hall–Kier alpha value is -2.12. The molecule has 2 aromatic rings. The number of hydrogen-bond donors (Lipinski definition) is 3. The number of benzene rings is 1. The van der Waals surface area contributed by atoms with Gasteiger partial charge < -0.3 is 15.7 Å². The van der Waals surface area contributed by atoms with Gasteiger partial charge in [0.2, 0.25) is 5.91 Å². The first-order valence-corrected chi connectivity index (χ1v) is 8.60. The summed E-state index contributed by atoms with van der Waals surface area (Å²) >= 11 is 7.45. The Balaban J connectivity index is 1.98. The number of thiophene rings is 1. The van der Waals surface area contributed by atoms with Gasteiger partial charge in [-0.2, -0.15) is 0 Å². The van der Waals surface area contributed by atoms with Gasteiger partial charge in [0.15, 0.2) is 0 Å². The van der Waals surface area contributed by atoms with Crippen molar-refractivity contribution in [3.63, 3.8) is 0 Å². The molecule has 0 aliphatic heterocycles. The topological polar surface area (TPSA) is 95.5 Å². The molecule has 1 heterocycles. The predicted octanol–water partition coefficient (Wildman–Crippen LogP) is 2.65. The zero-order valence-electron chi connectivity index (χ0n) is 13.0. The minimum atomic E-state index is -1.09. The highest BCUT2D eigenvalue weighted by atomic mass is 35.5. The van der Waals surface area contributed by atoms with E-state index in [0.29, 0.717) is 22.7 Å². The Labute approximate surface area is 147 Å². The average molecular weight is 369 g/mol. The van der Waals surface area contributed by atoms with Crippen molar-refractivity contribution in [2.75, 3.05) is 6.54 Å². The number of fused-ring (bicyclic) bond motifs is 1. The number of aliphatic carboxylic acids is 1. The maximum absolute atomic E-state index is 12.2. The second-order valence-electron chi connectivity index (χ2n) is 5.17. The van der Waals surface area contributed by atoms with Crippen molar-refractivity contribution < 1.29 is 19.5 Å². The molecule has 2 amide bonds. The minimum Gasteiger partial charge on any atom is -0.480 e. The fraction of sp³-hybridized carbons (Fsp3) is 0.312. The van der Waals surface area contributed by atoms with Gasteiger partial charge in [0.05, 0.1) is 11.6 Å². The highest BCUT2D eigenvalue weighted by molar-refractivity contribution is 7.21. The van der Waals surface area contributed by atoms with Crippen LogP contribution in [0, 0.1) is 0 Å². The van der Waals surface area contributed by atoms with Crippen molar-refractivity contribution in [3.8, 4) is 0 Å². The van der Waals surface area contributed by atoms with Crippen LogP contribution >= 0.6 is 22.9 Å². The van der Waals surface area contributed by atoms with E-state index in [1.165, 1.54) is 11.3 Å². The van der Waals surface area contributed by atoms with Crippen molar-refractivity contribution in [2.45, 2.75) is 25.8 Å². The number of carbonyl (C=O) groups is 3. The first-order valence-electron chi connectivity index (χ1n) is 7.41. The summed E-state index contributed by atoms with van der Waals surface area (Å²) in [6.07, 6.45) is 0.957. The van der Waals surface area contributed by atoms with Crippen molar-refractivity contribution in [2.24, 2.45) is 0 Å². The Kier molecular flexibility index (Phi) is 6.16. The molecule has 0 saturated carbocycles. The molecule has 24 heavy (non-hydrogen) atoms. The Bertz CT molecular complexity index is 775. The Morgan fingerprint density at radius 2 is 2.00 bits per heavy atom. The van der Waals surface area contributed by atoms with E-state index in [-0.39, 0.29) is 6.54 Å². The van der Waals surface area contributed by atoms with Crippen molar-refractivity contribution in [1.82, 2.24) is 10.6 Å². The summed E-state index contributed by atoms with van der Waals surface area (Å²) in [5.41, 5.74) is 0. The number of halogens is 1. The van der Waals surface area contributed by atoms with E-state index in [0.717, 1.165) is 10.1 Å². The molecule has 1 aromatic heterocycles. The molecule has 0 aliphatic carbocycles. The number of amides is 2. The van der Waals surface area contributed by atoms with E-state index in [4.69, 9.17) is 16.7 Å². The third kappa shape index (κ3) is 4.24. The number of carboxylic acids is 1. The molecule has 0 aliphatic rings. The zero-order valence-corrected chi connectivity index (χ0v) is 14.5. The molecule has 3 N–H and O–H groups in total. The van der Waals surface area contributed by atoms with Gasteiger partial charge in [-0.25, -0.2) is 4.79 Å². The van der Waals surface area contributed by atoms with Gasteiger partial charge in [0, 0.05) is 10.1 Å². The van der Waals surface area contributed by atoms with Gasteiger partial charge in [-0.15, -0.1) is 11.3 Å². The second kappa shape index (κ2) is 8.12. The summed E-state index contributed by atoms with van der Waals surface area (Å²) in [5.74, 6) is -2.11. The predicted molar refractivity (Wildman–Crippen MR) is 93.6 cm³/mol. The lowest BCUT2D eigenvalue weighted by atomic mass is 10.1. The van der Waals surface area contributed by atoms with Crippen molar-refractivity contribution in [3.05, 3.63) is 34.2 Å². The van der Waals surface area contributed by atoms with Gasteiger partial charge >= 0.3 is 5.97 Å². The maximum atomic E-state index is 12.2.